The van der Waals surface area contributed by atoms with E-state index in [2.05, 4.69) is 26.6 Å². The van der Waals surface area contributed by atoms with Crippen LogP contribution in [0.25, 0.3) is 0 Å². The molecule has 11 N–H and O–H groups in total. The molecule has 0 spiro atoms. The molecule has 65 heavy (non-hydrogen) atoms. The Hall–Kier alpha value is -8.45. The molecule has 0 aliphatic carbocycles. The van der Waals surface area contributed by atoms with Gasteiger partial charge in [-0.1, -0.05) is 0 Å². The van der Waals surface area contributed by atoms with Crippen LogP contribution in [-0.4, -0.2) is 83.1 Å². The van der Waals surface area contributed by atoms with Crippen LogP contribution in [0.1, 0.15) is 79.5 Å². The molecule has 5 rings (SSSR count). The minimum Gasteiger partial charge on any atom is -0.504 e. The number of carbonyl (C=O) groups is 7. The van der Waals surface area contributed by atoms with Gasteiger partial charge in [-0.05, 0) is 131 Å². The highest BCUT2D eigenvalue weighted by atomic mass is 16.5. The molecule has 5 aromatic rings. The topological polar surface area (TPSA) is 300 Å². The number of carboxylic acid groups (broad SMARTS) is 1. The number of carbonyl (C=O) groups excluding carboxylic acids is 6. The third-order valence-electron chi connectivity index (χ3n) is 9.22. The van der Waals surface area contributed by atoms with Crippen LogP contribution in [0.2, 0.25) is 0 Å². The zero-order chi connectivity index (χ0) is 47.5. The molecule has 19 nitrogen and oxygen atoms in total. The number of phenols is 1. The van der Waals surface area contributed by atoms with Crippen molar-refractivity contribution in [1.29, 1.82) is 0 Å². The number of aromatic carboxylic acids is 1. The predicted molar refractivity (Wildman–Crippen MR) is 241 cm³/mol. The van der Waals surface area contributed by atoms with E-state index in [0.717, 1.165) is 7.11 Å². The number of benzene rings is 5. The van der Waals surface area contributed by atoms with Crippen molar-refractivity contribution in [2.75, 3.05) is 34.1 Å². The number of anilines is 5. The van der Waals surface area contributed by atoms with Crippen molar-refractivity contribution >= 4 is 69.8 Å². The van der Waals surface area contributed by atoms with Crippen molar-refractivity contribution in [3.63, 3.8) is 0 Å². The fraction of sp³-hybridized carbons (Fsp3) is 0.196. The first-order valence-electron chi connectivity index (χ1n) is 19.8. The number of primary amides is 1. The average Bonchev–Trinajstić information content (AvgIpc) is 3.25. The molecule has 19 heteroatoms. The fourth-order valence-corrected chi connectivity index (χ4v) is 6.09. The molecule has 2 atom stereocenters. The van der Waals surface area contributed by atoms with E-state index in [9.17, 15) is 43.8 Å². The van der Waals surface area contributed by atoms with Crippen LogP contribution in [-0.2, 0) is 14.3 Å². The van der Waals surface area contributed by atoms with E-state index < -0.39 is 65.4 Å². The highest BCUT2D eigenvalue weighted by Gasteiger charge is 2.34. The Bertz CT molecular complexity index is 2600. The Morgan fingerprint density at radius 1 is 0.585 bits per heavy atom. The number of phenolic OH excluding ortho intramolecular Hbond substituents is 1. The van der Waals surface area contributed by atoms with Gasteiger partial charge in [-0.15, -0.1) is 0 Å². The Morgan fingerprint density at radius 2 is 1.08 bits per heavy atom. The molecule has 0 saturated heterocycles. The zero-order valence-electron chi connectivity index (χ0n) is 35.8. The lowest BCUT2D eigenvalue weighted by molar-refractivity contribution is -0.134. The summed E-state index contributed by atoms with van der Waals surface area (Å²) >= 11 is 0. The molecule has 0 radical (unpaired) electrons. The predicted octanol–water partition coefficient (Wildman–Crippen LogP) is 5.24. The Kier molecular flexibility index (Phi) is 15.4. The summed E-state index contributed by atoms with van der Waals surface area (Å²) in [4.78, 5) is 90.2. The summed E-state index contributed by atoms with van der Waals surface area (Å²) in [6, 6.07) is 22.4. The van der Waals surface area contributed by atoms with E-state index in [-0.39, 0.29) is 56.9 Å². The minimum absolute atomic E-state index is 0.0120. The lowest BCUT2D eigenvalue weighted by Gasteiger charge is -2.24. The van der Waals surface area contributed by atoms with E-state index >= 15 is 0 Å². The largest absolute Gasteiger partial charge is 0.504 e. The molecule has 0 fully saturated rings. The minimum atomic E-state index is -1.62. The first kappa shape index (κ1) is 47.6. The first-order chi connectivity index (χ1) is 30.8. The van der Waals surface area contributed by atoms with Gasteiger partial charge in [-0.2, -0.15) is 0 Å². The van der Waals surface area contributed by atoms with Gasteiger partial charge in [-0.25, -0.2) is 4.79 Å². The second kappa shape index (κ2) is 21.1. The van der Waals surface area contributed by atoms with Crippen LogP contribution in [0.15, 0.2) is 103 Å². The molecule has 0 aliphatic rings. The zero-order valence-corrected chi connectivity index (χ0v) is 35.8. The molecule has 6 amide bonds. The third-order valence-corrected chi connectivity index (χ3v) is 9.22. The van der Waals surface area contributed by atoms with Crippen LogP contribution >= 0.6 is 0 Å². The number of nitrogen functional groups attached to an aromatic ring is 1. The summed E-state index contributed by atoms with van der Waals surface area (Å²) in [6.45, 7) is 6.79. The molecule has 0 saturated carbocycles. The van der Waals surface area contributed by atoms with Gasteiger partial charge in [0.1, 0.15) is 11.8 Å². The summed E-state index contributed by atoms with van der Waals surface area (Å²) in [5.41, 5.74) is 12.6. The molecule has 0 heterocycles. The Morgan fingerprint density at radius 3 is 1.62 bits per heavy atom. The maximum Gasteiger partial charge on any atom is 0.335 e. The number of aromatic hydroxyl groups is 1. The lowest BCUT2D eigenvalue weighted by atomic mass is 10.1. The monoisotopic (exact) mass is 889 g/mol. The van der Waals surface area contributed by atoms with Crippen molar-refractivity contribution in [1.82, 2.24) is 5.32 Å². The average molecular weight is 890 g/mol. The molecular weight excluding hydrogens is 843 g/mol. The molecule has 2 unspecified atom stereocenters. The first-order valence-corrected chi connectivity index (χ1v) is 19.8. The third kappa shape index (κ3) is 12.4. The van der Waals surface area contributed by atoms with Gasteiger partial charge in [0, 0.05) is 40.9 Å². The van der Waals surface area contributed by atoms with Crippen molar-refractivity contribution < 1.29 is 58.0 Å². The SMILES string of the molecule is COC(C(N)=O)C(NC(=O)c1ccc(NC(=O)c2ccc(N)cc2)cc1)C(=O)Nc1ccc(C(=O)Nc2ccc(C(=O)Nc3ccc(C(=O)O)cc3OC(C)C)c(O)c2OC(C)C)cc1. The van der Waals surface area contributed by atoms with E-state index in [4.69, 9.17) is 25.7 Å². The summed E-state index contributed by atoms with van der Waals surface area (Å²) in [5.74, 6) is -6.47. The summed E-state index contributed by atoms with van der Waals surface area (Å²) in [7, 11) is 1.14. The van der Waals surface area contributed by atoms with Crippen molar-refractivity contribution in [2.45, 2.75) is 52.0 Å². The van der Waals surface area contributed by atoms with Gasteiger partial charge in [0.2, 0.25) is 11.8 Å². The number of methoxy groups -OCH3 is 1. The smallest absolute Gasteiger partial charge is 0.335 e. The number of hydrogen-bond donors (Lipinski definition) is 9. The fourth-order valence-electron chi connectivity index (χ4n) is 6.09. The normalized spacial score (nSPS) is 11.7. The number of ether oxygens (including phenoxy) is 3. The van der Waals surface area contributed by atoms with Gasteiger partial charge in [-0.3, -0.25) is 28.8 Å². The maximum atomic E-state index is 13.6. The van der Waals surface area contributed by atoms with E-state index in [1.165, 1.54) is 78.9 Å². The second-order valence-electron chi connectivity index (χ2n) is 14.8. The van der Waals surface area contributed by atoms with Gasteiger partial charge in [0.25, 0.3) is 23.6 Å². The van der Waals surface area contributed by atoms with Crippen LogP contribution in [0.4, 0.5) is 28.4 Å². The van der Waals surface area contributed by atoms with Gasteiger partial charge in [0.15, 0.2) is 17.6 Å². The van der Waals surface area contributed by atoms with Gasteiger partial charge < -0.3 is 62.5 Å². The number of rotatable bonds is 18. The number of nitrogens with two attached hydrogens (primary N) is 2. The van der Waals surface area contributed by atoms with Crippen LogP contribution in [0, 0.1) is 0 Å². The molecule has 338 valence electrons. The number of hydrogen-bond acceptors (Lipinski definition) is 12. The van der Waals surface area contributed by atoms with Gasteiger partial charge in [0.05, 0.1) is 34.7 Å². The number of carboxylic acids is 1. The van der Waals surface area contributed by atoms with E-state index in [1.807, 2.05) is 0 Å². The molecule has 0 aliphatic heterocycles. The standard InChI is InChI=1S/C46H47N7O12/c1-23(2)64-35-22-28(46(61)62)12-20-33(35)51-44(59)32-19-21-34(38(37(32)54)65-24(3)4)52-42(57)26-8-17-31(18-9-26)50-45(60)36(39(63-5)40(48)55)53-43(58)27-10-15-30(16-11-27)49-41(56)25-6-13-29(47)14-7-25/h6-24,36,39,54H,47H2,1-5H3,(H2,48,55)(H,49,56)(H,50,60)(H,51,59)(H,52,57)(H,53,58)(H,61,62). The van der Waals surface area contributed by atoms with Crippen molar-refractivity contribution in [3.05, 3.63) is 131 Å². The number of nitrogens with one attached hydrogen (secondary N) is 5. The van der Waals surface area contributed by atoms with Crippen molar-refractivity contribution in [3.8, 4) is 17.2 Å². The number of amides is 6. The van der Waals surface area contributed by atoms with Crippen LogP contribution in [0.5, 0.6) is 17.2 Å². The maximum absolute atomic E-state index is 13.6. The van der Waals surface area contributed by atoms with E-state index in [1.54, 1.807) is 52.0 Å². The molecular formula is C46H47N7O12. The molecule has 0 bridgehead atoms. The lowest BCUT2D eigenvalue weighted by Crippen LogP contribution is -2.56. The molecule has 0 aromatic heterocycles. The van der Waals surface area contributed by atoms with Crippen LogP contribution in [0.3, 0.4) is 0 Å². The summed E-state index contributed by atoms with van der Waals surface area (Å²) < 4.78 is 16.7. The van der Waals surface area contributed by atoms with Crippen LogP contribution < -0.4 is 47.5 Å². The molecule has 5 aromatic carbocycles. The van der Waals surface area contributed by atoms with Gasteiger partial charge >= 0.3 is 5.97 Å². The highest BCUT2D eigenvalue weighted by Crippen LogP contribution is 2.39. The van der Waals surface area contributed by atoms with Crippen molar-refractivity contribution in [2.24, 2.45) is 5.73 Å². The Balaban J connectivity index is 1.27. The summed E-state index contributed by atoms with van der Waals surface area (Å²) in [5, 5.41) is 33.7. The summed E-state index contributed by atoms with van der Waals surface area (Å²) in [6.07, 6.45) is -2.48. The Labute approximate surface area is 372 Å². The second-order valence-corrected chi connectivity index (χ2v) is 14.8. The van der Waals surface area contributed by atoms with E-state index in [0.29, 0.717) is 16.9 Å². The quantitative estimate of drug-likeness (QED) is 0.0509. The highest BCUT2D eigenvalue weighted by molar-refractivity contribution is 6.10.